The molecule has 1 N–H and O–H groups in total. The van der Waals surface area contributed by atoms with Crippen LogP contribution in [0.2, 0.25) is 5.02 Å². The minimum absolute atomic E-state index is 0.0711. The molecule has 4 aromatic rings. The lowest BCUT2D eigenvalue weighted by molar-refractivity contribution is 0.174. The minimum Gasteiger partial charge on any atom is -0.454 e. The monoisotopic (exact) mass is 528 g/mol. The van der Waals surface area contributed by atoms with Crippen molar-refractivity contribution >= 4 is 32.5 Å². The van der Waals surface area contributed by atoms with E-state index in [0.29, 0.717) is 22.6 Å². The molecule has 0 amide bonds. The summed E-state index contributed by atoms with van der Waals surface area (Å²) in [6.07, 6.45) is 0. The highest BCUT2D eigenvalue weighted by atomic mass is 35.5. The molecule has 0 atom stereocenters. The van der Waals surface area contributed by atoms with Crippen LogP contribution < -0.4 is 15.0 Å². The molecule has 5 rings (SSSR count). The number of rotatable bonds is 6. The Morgan fingerprint density at radius 2 is 1.72 bits per heavy atom. The number of nitrogens with zero attached hydrogens (tertiary/aromatic N) is 1. The van der Waals surface area contributed by atoms with Crippen LogP contribution in [0.5, 0.6) is 11.5 Å². The molecule has 1 aliphatic heterocycles. The second-order valence-corrected chi connectivity index (χ2v) is 11.0. The van der Waals surface area contributed by atoms with Gasteiger partial charge in [-0.25, -0.2) is 12.8 Å². The fourth-order valence-corrected chi connectivity index (χ4v) is 5.76. The molecule has 36 heavy (non-hydrogen) atoms. The highest BCUT2D eigenvalue weighted by Crippen LogP contribution is 2.34. The van der Waals surface area contributed by atoms with Crippen molar-refractivity contribution in [2.24, 2.45) is 0 Å². The lowest BCUT2D eigenvalue weighted by Gasteiger charge is -2.23. The first kappa shape index (κ1) is 24.3. The number of hydrogen-bond donors (Lipinski definition) is 1. The van der Waals surface area contributed by atoms with E-state index < -0.39 is 21.4 Å². The fraction of sp³-hybridized carbons (Fsp3) is 0.192. The van der Waals surface area contributed by atoms with Gasteiger partial charge in [0.25, 0.3) is 5.56 Å². The van der Waals surface area contributed by atoms with Gasteiger partial charge in [-0.1, -0.05) is 17.7 Å². The Bertz CT molecular complexity index is 1670. The number of aromatic amines is 1. The summed E-state index contributed by atoms with van der Waals surface area (Å²) in [6.45, 7) is 3.71. The lowest BCUT2D eigenvalue weighted by Crippen LogP contribution is -2.32. The Labute approximate surface area is 212 Å². The predicted octanol–water partition coefficient (Wildman–Crippen LogP) is 5.06. The number of benzene rings is 3. The lowest BCUT2D eigenvalue weighted by atomic mass is 10.0. The molecular formula is C26H22ClFN2O5S. The maximum Gasteiger partial charge on any atom is 0.252 e. The molecule has 2 heterocycles. The zero-order valence-corrected chi connectivity index (χ0v) is 21.0. The number of fused-ring (bicyclic) bond motifs is 2. The van der Waals surface area contributed by atoms with Crippen LogP contribution in [0.3, 0.4) is 0 Å². The molecule has 1 aromatic heterocycles. The van der Waals surface area contributed by atoms with E-state index in [4.69, 9.17) is 21.1 Å². The average Bonchev–Trinajstić information content (AvgIpc) is 3.30. The number of hydrogen-bond acceptors (Lipinski definition) is 5. The minimum atomic E-state index is -4.18. The number of aryl methyl sites for hydroxylation is 2. The second-order valence-electron chi connectivity index (χ2n) is 8.68. The standard InChI is InChI=1S/C26H22ClFN2O5S/c1-15-7-18-10-19(26(31)29-23(18)8-16(15)2)13-30(12-17-3-6-24-25(9-17)35-14-34-24)36(32,33)20-4-5-22(28)21(27)11-20/h3-11H,12-14H2,1-2H3,(H,29,31). The molecule has 3 aromatic carbocycles. The number of aromatic nitrogens is 1. The van der Waals surface area contributed by atoms with Gasteiger partial charge in [-0.2, -0.15) is 4.31 Å². The predicted molar refractivity (Wildman–Crippen MR) is 134 cm³/mol. The number of nitrogens with one attached hydrogen (secondary N) is 1. The van der Waals surface area contributed by atoms with Gasteiger partial charge in [-0.15, -0.1) is 0 Å². The van der Waals surface area contributed by atoms with E-state index in [2.05, 4.69) is 4.98 Å². The van der Waals surface area contributed by atoms with E-state index >= 15 is 0 Å². The molecule has 0 spiro atoms. The molecule has 0 saturated heterocycles. The molecule has 0 saturated carbocycles. The summed E-state index contributed by atoms with van der Waals surface area (Å²) in [5.41, 5.74) is 3.25. The van der Waals surface area contributed by atoms with E-state index in [-0.39, 0.29) is 35.4 Å². The number of sulfonamides is 1. The first-order valence-corrected chi connectivity index (χ1v) is 12.9. The summed E-state index contributed by atoms with van der Waals surface area (Å²) in [5.74, 6) is 0.341. The van der Waals surface area contributed by atoms with Crippen molar-refractivity contribution in [1.82, 2.24) is 9.29 Å². The number of H-pyrrole nitrogens is 1. The van der Waals surface area contributed by atoms with Gasteiger partial charge < -0.3 is 14.5 Å². The quantitative estimate of drug-likeness (QED) is 0.378. The van der Waals surface area contributed by atoms with Crippen LogP contribution in [0.15, 0.2) is 64.3 Å². The molecule has 0 bridgehead atoms. The van der Waals surface area contributed by atoms with Crippen LogP contribution in [-0.4, -0.2) is 24.5 Å². The molecule has 186 valence electrons. The summed E-state index contributed by atoms with van der Waals surface area (Å²) in [6, 6.07) is 13.9. The van der Waals surface area contributed by atoms with Crippen molar-refractivity contribution in [3.8, 4) is 11.5 Å². The van der Waals surface area contributed by atoms with Gasteiger partial charge in [-0.3, -0.25) is 4.79 Å². The van der Waals surface area contributed by atoms with Crippen LogP contribution >= 0.6 is 11.6 Å². The maximum absolute atomic E-state index is 13.8. The number of halogens is 2. The summed E-state index contributed by atoms with van der Waals surface area (Å²) in [4.78, 5) is 15.6. The Morgan fingerprint density at radius 3 is 2.50 bits per heavy atom. The van der Waals surface area contributed by atoms with Gasteiger partial charge in [0.1, 0.15) is 5.82 Å². The first-order valence-electron chi connectivity index (χ1n) is 11.1. The van der Waals surface area contributed by atoms with Gasteiger partial charge in [-0.05, 0) is 84.5 Å². The van der Waals surface area contributed by atoms with E-state index in [1.807, 2.05) is 26.0 Å². The Balaban J connectivity index is 1.58. The molecule has 0 radical (unpaired) electrons. The first-order chi connectivity index (χ1) is 17.1. The van der Waals surface area contributed by atoms with E-state index in [1.165, 1.54) is 0 Å². The number of pyridine rings is 1. The van der Waals surface area contributed by atoms with Crippen LogP contribution in [0.25, 0.3) is 10.9 Å². The summed E-state index contributed by atoms with van der Waals surface area (Å²) in [5, 5.41) is 0.478. The molecule has 1 aliphatic rings. The van der Waals surface area contributed by atoms with E-state index in [1.54, 1.807) is 24.3 Å². The molecule has 0 aliphatic carbocycles. The average molecular weight is 529 g/mol. The Hall–Kier alpha value is -3.40. The smallest absolute Gasteiger partial charge is 0.252 e. The summed E-state index contributed by atoms with van der Waals surface area (Å²) in [7, 11) is -4.18. The highest BCUT2D eigenvalue weighted by molar-refractivity contribution is 7.89. The van der Waals surface area contributed by atoms with Gasteiger partial charge in [0.2, 0.25) is 16.8 Å². The van der Waals surface area contributed by atoms with E-state index in [9.17, 15) is 17.6 Å². The van der Waals surface area contributed by atoms with Gasteiger partial charge in [0, 0.05) is 24.2 Å². The largest absolute Gasteiger partial charge is 0.454 e. The zero-order valence-electron chi connectivity index (χ0n) is 19.5. The van der Waals surface area contributed by atoms with Crippen molar-refractivity contribution in [1.29, 1.82) is 0 Å². The molecule has 0 unspecified atom stereocenters. The zero-order chi connectivity index (χ0) is 25.6. The van der Waals surface area contributed by atoms with Gasteiger partial charge in [0.15, 0.2) is 11.5 Å². The van der Waals surface area contributed by atoms with Gasteiger partial charge >= 0.3 is 0 Å². The fourth-order valence-electron chi connectivity index (χ4n) is 4.08. The van der Waals surface area contributed by atoms with Crippen molar-refractivity contribution in [3.63, 3.8) is 0 Å². The van der Waals surface area contributed by atoms with Crippen molar-refractivity contribution in [2.45, 2.75) is 31.8 Å². The molecule has 7 nitrogen and oxygen atoms in total. The Kier molecular flexibility index (Phi) is 6.23. The summed E-state index contributed by atoms with van der Waals surface area (Å²) >= 11 is 5.88. The summed E-state index contributed by atoms with van der Waals surface area (Å²) < 4.78 is 53.1. The third-order valence-electron chi connectivity index (χ3n) is 6.21. The van der Waals surface area contributed by atoms with Crippen molar-refractivity contribution in [3.05, 3.63) is 98.0 Å². The SMILES string of the molecule is Cc1cc2cc(CN(Cc3ccc4c(c3)OCO4)S(=O)(=O)c3ccc(F)c(Cl)c3)c(=O)[nH]c2cc1C. The topological polar surface area (TPSA) is 88.7 Å². The third kappa shape index (κ3) is 4.57. The van der Waals surface area contributed by atoms with Gasteiger partial charge in [0.05, 0.1) is 9.92 Å². The number of ether oxygens (including phenoxy) is 2. The van der Waals surface area contributed by atoms with Crippen LogP contribution in [0.1, 0.15) is 22.3 Å². The second kappa shape index (κ2) is 9.24. The molecular weight excluding hydrogens is 507 g/mol. The van der Waals surface area contributed by atoms with Crippen LogP contribution in [0.4, 0.5) is 4.39 Å². The van der Waals surface area contributed by atoms with Crippen LogP contribution in [0, 0.1) is 19.7 Å². The van der Waals surface area contributed by atoms with E-state index in [0.717, 1.165) is 39.0 Å². The Morgan fingerprint density at radius 1 is 0.972 bits per heavy atom. The van der Waals surface area contributed by atoms with Crippen molar-refractivity contribution < 1.29 is 22.3 Å². The van der Waals surface area contributed by atoms with Crippen LogP contribution in [-0.2, 0) is 23.1 Å². The third-order valence-corrected chi connectivity index (χ3v) is 8.28. The normalized spacial score (nSPS) is 13.0. The van der Waals surface area contributed by atoms with Crippen molar-refractivity contribution in [2.75, 3.05) is 6.79 Å². The maximum atomic E-state index is 13.8. The molecule has 0 fully saturated rings. The molecule has 10 heteroatoms. The highest BCUT2D eigenvalue weighted by Gasteiger charge is 2.28.